The molecule has 2 atom stereocenters. The van der Waals surface area contributed by atoms with Gasteiger partial charge >= 0.3 is 19.8 Å². The highest BCUT2D eigenvalue weighted by Crippen LogP contribution is 2.43. The molecule has 0 fully saturated rings. The van der Waals surface area contributed by atoms with E-state index >= 15 is 0 Å². The monoisotopic (exact) mass is 1160 g/mol. The predicted molar refractivity (Wildman–Crippen MR) is 353 cm³/mol. The molecule has 1 N–H and O–H groups in total. The quantitative estimate of drug-likeness (QED) is 0.0211. The Hall–Kier alpha value is -3.59. The van der Waals surface area contributed by atoms with Crippen molar-refractivity contribution < 1.29 is 42.1 Å². The van der Waals surface area contributed by atoms with Gasteiger partial charge in [0.1, 0.15) is 19.8 Å². The first-order chi connectivity index (χ1) is 40.0. The van der Waals surface area contributed by atoms with Crippen LogP contribution in [-0.4, -0.2) is 74.9 Å². The third-order valence-corrected chi connectivity index (χ3v) is 15.0. The van der Waals surface area contributed by atoms with Crippen LogP contribution in [0.5, 0.6) is 0 Å². The number of ether oxygens (including phenoxy) is 2. The molecule has 0 bridgehead atoms. The number of hydrogen-bond donors (Lipinski definition) is 1. The molecule has 82 heavy (non-hydrogen) atoms. The molecule has 0 radical (unpaired) electrons. The minimum atomic E-state index is -4.40. The summed E-state index contributed by atoms with van der Waals surface area (Å²) in [5, 5.41) is 0. The van der Waals surface area contributed by atoms with Crippen LogP contribution in [0.4, 0.5) is 0 Å². The van der Waals surface area contributed by atoms with Gasteiger partial charge in [-0.15, -0.1) is 0 Å². The Kier molecular flexibility index (Phi) is 59.2. The highest BCUT2D eigenvalue weighted by molar-refractivity contribution is 7.47. The number of nitrogens with zero attached hydrogens (tertiary/aromatic N) is 1. The van der Waals surface area contributed by atoms with E-state index in [0.717, 1.165) is 116 Å². The van der Waals surface area contributed by atoms with E-state index in [1.54, 1.807) is 0 Å². The van der Waals surface area contributed by atoms with Crippen LogP contribution < -0.4 is 0 Å². The van der Waals surface area contributed by atoms with Gasteiger partial charge in [-0.05, 0) is 103 Å². The molecule has 0 spiro atoms. The molecule has 0 saturated carbocycles. The van der Waals surface area contributed by atoms with Crippen LogP contribution in [0.1, 0.15) is 271 Å². The Morgan fingerprint density at radius 3 is 0.976 bits per heavy atom. The van der Waals surface area contributed by atoms with Crippen LogP contribution in [0.25, 0.3) is 0 Å². The van der Waals surface area contributed by atoms with E-state index in [0.29, 0.717) is 17.4 Å². The zero-order valence-electron chi connectivity index (χ0n) is 53.4. The molecule has 0 aliphatic heterocycles. The highest BCUT2D eigenvalue weighted by Gasteiger charge is 2.27. The van der Waals surface area contributed by atoms with Gasteiger partial charge in [-0.25, -0.2) is 4.57 Å². The van der Waals surface area contributed by atoms with Crippen molar-refractivity contribution in [3.8, 4) is 0 Å². The van der Waals surface area contributed by atoms with Gasteiger partial charge in [0.05, 0.1) is 27.7 Å². The number of esters is 2. The number of phosphoric ester groups is 1. The summed E-state index contributed by atoms with van der Waals surface area (Å²) in [7, 11) is 1.47. The first kappa shape index (κ1) is 78.4. The normalized spacial score (nSPS) is 14.0. The summed E-state index contributed by atoms with van der Waals surface area (Å²) in [6.45, 7) is 4.21. The molecule has 0 rings (SSSR count). The Labute approximate surface area is 505 Å². The molecule has 0 aromatic rings. The number of allylic oxidation sites excluding steroid dienone is 20. The topological polar surface area (TPSA) is 108 Å². The van der Waals surface area contributed by atoms with Crippen molar-refractivity contribution in [1.29, 1.82) is 0 Å². The maximum Gasteiger partial charge on any atom is 0.472 e. The molecule has 470 valence electrons. The molecule has 0 aromatic heterocycles. The number of phosphoric acid groups is 1. The van der Waals surface area contributed by atoms with E-state index < -0.39 is 26.5 Å². The fraction of sp³-hybridized carbons (Fsp3) is 0.694. The lowest BCUT2D eigenvalue weighted by molar-refractivity contribution is -0.870. The standard InChI is InChI=1S/C72H124NO8P/c1-6-8-10-12-14-16-18-20-22-24-26-28-29-30-31-32-33-34-35-36-37-38-39-40-41-42-43-45-47-49-51-53-55-57-59-61-63-65-72(75)81-70(69-80-82(76,77)79-67-66-73(3,4)5)68-78-71(74)64-62-60-58-56-54-52-50-48-46-44-27-25-23-21-19-17-15-13-11-9-7-2/h8-11,14-17,20-23,26-28,30-31,33-34,44,70H,6-7,12-13,18-19,24-25,29,32,35-43,45-69H2,1-5H3/p+1/b10-8-,11-9-,16-14-,17-15-,22-20-,23-21-,28-26-,31-30-,34-33-,44-27-. The largest absolute Gasteiger partial charge is 0.472 e. The van der Waals surface area contributed by atoms with Crippen molar-refractivity contribution in [2.45, 2.75) is 277 Å². The van der Waals surface area contributed by atoms with Crippen molar-refractivity contribution in [2.75, 3.05) is 47.5 Å². The summed E-state index contributed by atoms with van der Waals surface area (Å²) in [6, 6.07) is 0. The number of likely N-dealkylation sites (N-methyl/N-ethyl adjacent to an activating group) is 1. The average Bonchev–Trinajstić information content (AvgIpc) is 3.46. The van der Waals surface area contributed by atoms with Gasteiger partial charge in [0.15, 0.2) is 6.10 Å². The van der Waals surface area contributed by atoms with Crippen molar-refractivity contribution in [1.82, 2.24) is 0 Å². The molecule has 0 aromatic carbocycles. The lowest BCUT2D eigenvalue weighted by atomic mass is 10.0. The molecule has 0 aliphatic rings. The molecule has 10 heteroatoms. The van der Waals surface area contributed by atoms with Crippen LogP contribution >= 0.6 is 7.82 Å². The minimum Gasteiger partial charge on any atom is -0.462 e. The smallest absolute Gasteiger partial charge is 0.462 e. The van der Waals surface area contributed by atoms with Gasteiger partial charge in [0.25, 0.3) is 0 Å². The third-order valence-electron chi connectivity index (χ3n) is 14.0. The second-order valence-corrected chi connectivity index (χ2v) is 24.5. The van der Waals surface area contributed by atoms with E-state index in [1.165, 1.54) is 122 Å². The van der Waals surface area contributed by atoms with Crippen molar-refractivity contribution in [3.63, 3.8) is 0 Å². The number of quaternary nitrogens is 1. The van der Waals surface area contributed by atoms with Crippen LogP contribution in [0.15, 0.2) is 122 Å². The van der Waals surface area contributed by atoms with Gasteiger partial charge in [0, 0.05) is 12.8 Å². The molecule has 0 amide bonds. The van der Waals surface area contributed by atoms with Gasteiger partial charge < -0.3 is 18.9 Å². The van der Waals surface area contributed by atoms with Gasteiger partial charge in [-0.2, -0.15) is 0 Å². The summed E-state index contributed by atoms with van der Waals surface area (Å²) < 4.78 is 34.7. The molecule has 0 heterocycles. The van der Waals surface area contributed by atoms with Crippen LogP contribution in [0, 0.1) is 0 Å². The Bertz CT molecular complexity index is 1800. The van der Waals surface area contributed by atoms with E-state index in [4.69, 9.17) is 18.5 Å². The maximum atomic E-state index is 12.9. The van der Waals surface area contributed by atoms with Gasteiger partial charge in [-0.1, -0.05) is 277 Å². The Morgan fingerprint density at radius 2 is 0.659 bits per heavy atom. The number of rotatable bonds is 60. The summed E-state index contributed by atoms with van der Waals surface area (Å²) >= 11 is 0. The fourth-order valence-corrected chi connectivity index (χ4v) is 9.69. The number of carbonyl (C=O) groups excluding carboxylic acids is 2. The molecular weight excluding hydrogens is 1040 g/mol. The maximum absolute atomic E-state index is 12.9. The van der Waals surface area contributed by atoms with Gasteiger partial charge in [0.2, 0.25) is 0 Å². The number of unbranched alkanes of at least 4 members (excludes halogenated alkanes) is 26. The SMILES string of the molecule is CC/C=C\C/C=C\C/C=C\C/C=C\C/C=C\C/C=C\CCCCCCCCCCCCCCCCCCCCC(=O)OC(COC(=O)CCCCCCCCCC/C=C\C/C=C\C/C=C\C/C=C\CC)COP(=O)(O)OCC[N+](C)(C)C. The second kappa shape index (κ2) is 62.0. The Balaban J connectivity index is 4.04. The number of carbonyl (C=O) groups is 2. The summed E-state index contributed by atoms with van der Waals surface area (Å²) in [5.41, 5.74) is 0. The van der Waals surface area contributed by atoms with E-state index in [9.17, 15) is 19.0 Å². The zero-order chi connectivity index (χ0) is 59.8. The van der Waals surface area contributed by atoms with E-state index in [2.05, 4.69) is 135 Å². The molecule has 0 aliphatic carbocycles. The lowest BCUT2D eigenvalue weighted by Crippen LogP contribution is -2.37. The van der Waals surface area contributed by atoms with Crippen LogP contribution in [-0.2, 0) is 32.7 Å². The first-order valence-corrected chi connectivity index (χ1v) is 34.8. The van der Waals surface area contributed by atoms with E-state index in [1.807, 2.05) is 21.1 Å². The lowest BCUT2D eigenvalue weighted by Gasteiger charge is -2.24. The minimum absolute atomic E-state index is 0.0263. The highest BCUT2D eigenvalue weighted by atomic mass is 31.2. The average molecular weight is 1160 g/mol. The van der Waals surface area contributed by atoms with Crippen molar-refractivity contribution in [2.24, 2.45) is 0 Å². The van der Waals surface area contributed by atoms with E-state index in [-0.39, 0.29) is 32.0 Å². The zero-order valence-corrected chi connectivity index (χ0v) is 54.3. The predicted octanol–water partition coefficient (Wildman–Crippen LogP) is 21.5. The second-order valence-electron chi connectivity index (χ2n) is 23.1. The molecular formula is C72H125NO8P+. The number of hydrogen-bond acceptors (Lipinski definition) is 7. The summed E-state index contributed by atoms with van der Waals surface area (Å²) in [5.74, 6) is -0.805. The van der Waals surface area contributed by atoms with Crippen LogP contribution in [0.3, 0.4) is 0 Å². The van der Waals surface area contributed by atoms with Crippen molar-refractivity contribution >= 4 is 19.8 Å². The Morgan fingerprint density at radius 1 is 0.378 bits per heavy atom. The van der Waals surface area contributed by atoms with Gasteiger partial charge in [-0.3, -0.25) is 18.6 Å². The van der Waals surface area contributed by atoms with Crippen molar-refractivity contribution in [3.05, 3.63) is 122 Å². The molecule has 0 saturated heterocycles. The van der Waals surface area contributed by atoms with Crippen LogP contribution in [0.2, 0.25) is 0 Å². The third kappa shape index (κ3) is 65.6. The summed E-state index contributed by atoms with van der Waals surface area (Å²) in [6.07, 6.45) is 88.6. The first-order valence-electron chi connectivity index (χ1n) is 33.3. The molecule has 9 nitrogen and oxygen atoms in total. The summed E-state index contributed by atoms with van der Waals surface area (Å²) in [4.78, 5) is 35.8. The molecule has 2 unspecified atom stereocenters. The fourth-order valence-electron chi connectivity index (χ4n) is 8.95.